The Hall–Kier alpha value is -1.78. The van der Waals surface area contributed by atoms with Crippen molar-refractivity contribution >= 4 is 11.9 Å². The van der Waals surface area contributed by atoms with E-state index in [2.05, 4.69) is 13.5 Å². The van der Waals surface area contributed by atoms with E-state index in [1.807, 2.05) is 0 Å². The number of carbonyl (C=O) groups excluding carboxylic acids is 2. The van der Waals surface area contributed by atoms with E-state index < -0.39 is 0 Å². The molecule has 8 bridgehead atoms. The fourth-order valence-electron chi connectivity index (χ4n) is 9.06. The van der Waals surface area contributed by atoms with Gasteiger partial charge in [-0.05, 0) is 133 Å². The standard InChI is InChI=1S/C15H22O2.C14H20O3/c1-9(2)14(16)17-15(3)12-5-10-4-11(7-12)8-13(15)6-10;1-9(8-15)13(16)17-14-5-10-2-11(6-14)4-12(3-10)7-14/h10-13H,1,4-8H2,2-3H3;8,10-12,15H,2-7H2,1H3. The van der Waals surface area contributed by atoms with Crippen molar-refractivity contribution in [3.63, 3.8) is 0 Å². The summed E-state index contributed by atoms with van der Waals surface area (Å²) >= 11 is 0. The normalized spacial score (nSPS) is 45.4. The molecular weight excluding hydrogens is 428 g/mol. The molecule has 0 spiro atoms. The summed E-state index contributed by atoms with van der Waals surface area (Å²) in [6.45, 7) is 9.20. The average Bonchev–Trinajstić information content (AvgIpc) is 2.75. The fraction of sp³-hybridized carbons (Fsp3) is 0.793. The average molecular weight is 471 g/mol. The molecule has 8 aliphatic carbocycles. The molecule has 0 amide bonds. The second-order valence-electron chi connectivity index (χ2n) is 13.0. The maximum absolute atomic E-state index is 11.8. The molecule has 0 aromatic carbocycles. The Morgan fingerprint density at radius 2 is 1.21 bits per heavy atom. The molecule has 0 aliphatic heterocycles. The molecule has 8 rings (SSSR count). The van der Waals surface area contributed by atoms with E-state index in [-0.39, 0.29) is 23.1 Å². The molecule has 34 heavy (non-hydrogen) atoms. The fourth-order valence-corrected chi connectivity index (χ4v) is 9.06. The van der Waals surface area contributed by atoms with Crippen molar-refractivity contribution in [2.24, 2.45) is 41.4 Å². The smallest absolute Gasteiger partial charge is 0.337 e. The Bertz CT molecular complexity index is 820. The first-order chi connectivity index (χ1) is 16.1. The largest absolute Gasteiger partial charge is 0.515 e. The van der Waals surface area contributed by atoms with Crippen LogP contribution in [-0.4, -0.2) is 28.2 Å². The van der Waals surface area contributed by atoms with Gasteiger partial charge in [0.2, 0.25) is 0 Å². The molecule has 188 valence electrons. The van der Waals surface area contributed by atoms with Gasteiger partial charge in [0.25, 0.3) is 0 Å². The van der Waals surface area contributed by atoms with E-state index in [0.29, 0.717) is 23.0 Å². The third-order valence-electron chi connectivity index (χ3n) is 10.2. The SMILES string of the molecule is C=C(C)C(=O)OC1(C)C2CC3CC(C2)CC1C3.CC(=CO)C(=O)OC12CC3CC(CC(C3)C1)C2. The van der Waals surface area contributed by atoms with Crippen molar-refractivity contribution in [1.29, 1.82) is 0 Å². The molecule has 0 radical (unpaired) electrons. The molecule has 0 aromatic heterocycles. The van der Waals surface area contributed by atoms with Crippen LogP contribution in [0.15, 0.2) is 24.0 Å². The van der Waals surface area contributed by atoms with Gasteiger partial charge in [-0.2, -0.15) is 0 Å². The van der Waals surface area contributed by atoms with Crippen LogP contribution < -0.4 is 0 Å². The Kier molecular flexibility index (Phi) is 6.13. The van der Waals surface area contributed by atoms with Crippen molar-refractivity contribution in [3.05, 3.63) is 24.0 Å². The third-order valence-corrected chi connectivity index (χ3v) is 10.2. The van der Waals surface area contributed by atoms with Gasteiger partial charge in [-0.15, -0.1) is 0 Å². The van der Waals surface area contributed by atoms with E-state index in [9.17, 15) is 9.59 Å². The lowest BCUT2D eigenvalue weighted by Gasteiger charge is -2.59. The molecule has 8 fully saturated rings. The van der Waals surface area contributed by atoms with E-state index >= 15 is 0 Å². The second kappa shape index (κ2) is 8.71. The number of ether oxygens (including phenoxy) is 2. The number of esters is 2. The summed E-state index contributed by atoms with van der Waals surface area (Å²) in [7, 11) is 0. The quantitative estimate of drug-likeness (QED) is 0.297. The summed E-state index contributed by atoms with van der Waals surface area (Å²) < 4.78 is 11.6. The highest BCUT2D eigenvalue weighted by molar-refractivity contribution is 5.88. The lowest BCUT2D eigenvalue weighted by molar-refractivity contribution is -0.199. The molecule has 0 aromatic rings. The topological polar surface area (TPSA) is 72.8 Å². The highest BCUT2D eigenvalue weighted by atomic mass is 16.6. The summed E-state index contributed by atoms with van der Waals surface area (Å²) in [6, 6.07) is 0. The van der Waals surface area contributed by atoms with Crippen LogP contribution in [0.3, 0.4) is 0 Å². The van der Waals surface area contributed by atoms with Crippen LogP contribution in [0.25, 0.3) is 0 Å². The summed E-state index contributed by atoms with van der Waals surface area (Å²) in [5, 5.41) is 8.86. The molecular formula is C29H42O5. The van der Waals surface area contributed by atoms with Crippen LogP contribution in [0.1, 0.15) is 91.4 Å². The van der Waals surface area contributed by atoms with Crippen molar-refractivity contribution in [2.75, 3.05) is 0 Å². The zero-order valence-corrected chi connectivity index (χ0v) is 21.2. The predicted molar refractivity (Wildman–Crippen MR) is 130 cm³/mol. The molecule has 8 saturated carbocycles. The Labute approximate surface area is 204 Å². The molecule has 0 saturated heterocycles. The molecule has 0 atom stereocenters. The minimum absolute atomic E-state index is 0.194. The van der Waals surface area contributed by atoms with Gasteiger partial charge in [-0.1, -0.05) is 6.58 Å². The molecule has 0 heterocycles. The second-order valence-corrected chi connectivity index (χ2v) is 13.0. The first-order valence-electron chi connectivity index (χ1n) is 13.5. The lowest BCUT2D eigenvalue weighted by atomic mass is 9.50. The Morgan fingerprint density at radius 3 is 1.62 bits per heavy atom. The molecule has 8 aliphatic rings. The van der Waals surface area contributed by atoms with Crippen LogP contribution in [0, 0.1) is 41.4 Å². The number of hydrogen-bond acceptors (Lipinski definition) is 5. The number of aliphatic hydroxyl groups excluding tert-OH is 1. The van der Waals surface area contributed by atoms with Crippen molar-refractivity contribution in [3.8, 4) is 0 Å². The van der Waals surface area contributed by atoms with Crippen LogP contribution >= 0.6 is 0 Å². The highest BCUT2D eigenvalue weighted by Gasteiger charge is 2.57. The number of carbonyl (C=O) groups is 2. The van der Waals surface area contributed by atoms with Gasteiger partial charge in [0.05, 0.1) is 11.8 Å². The summed E-state index contributed by atoms with van der Waals surface area (Å²) in [5.41, 5.74) is 0.431. The van der Waals surface area contributed by atoms with Gasteiger partial charge in [-0.3, -0.25) is 0 Å². The molecule has 5 heteroatoms. The number of hydrogen-bond donors (Lipinski definition) is 1. The van der Waals surface area contributed by atoms with E-state index in [0.717, 1.165) is 55.1 Å². The maximum Gasteiger partial charge on any atom is 0.337 e. The van der Waals surface area contributed by atoms with E-state index in [1.54, 1.807) is 13.8 Å². The summed E-state index contributed by atoms with van der Waals surface area (Å²) in [6.07, 6.45) is 14.5. The zero-order valence-electron chi connectivity index (χ0n) is 21.2. The summed E-state index contributed by atoms with van der Waals surface area (Å²) in [4.78, 5) is 23.6. The van der Waals surface area contributed by atoms with E-state index in [4.69, 9.17) is 14.6 Å². The predicted octanol–water partition coefficient (Wildman–Crippen LogP) is 6.28. The minimum Gasteiger partial charge on any atom is -0.515 e. The maximum atomic E-state index is 11.8. The van der Waals surface area contributed by atoms with E-state index in [1.165, 1.54) is 51.4 Å². The van der Waals surface area contributed by atoms with Crippen molar-refractivity contribution < 1.29 is 24.2 Å². The van der Waals surface area contributed by atoms with Gasteiger partial charge >= 0.3 is 11.9 Å². The zero-order chi connectivity index (χ0) is 24.3. The first kappa shape index (κ1) is 23.9. The Balaban J connectivity index is 0.000000142. The van der Waals surface area contributed by atoms with Crippen LogP contribution in [-0.2, 0) is 19.1 Å². The van der Waals surface area contributed by atoms with Crippen molar-refractivity contribution in [2.45, 2.75) is 103 Å². The number of aliphatic hydroxyl groups is 1. The van der Waals surface area contributed by atoms with Crippen molar-refractivity contribution in [1.82, 2.24) is 0 Å². The highest BCUT2D eigenvalue weighted by Crippen LogP contribution is 2.60. The monoisotopic (exact) mass is 470 g/mol. The van der Waals surface area contributed by atoms with Gasteiger partial charge in [0.15, 0.2) is 0 Å². The third kappa shape index (κ3) is 4.33. The minimum atomic E-state index is -0.338. The Morgan fingerprint density at radius 1 is 0.765 bits per heavy atom. The van der Waals surface area contributed by atoms with Gasteiger partial charge in [-0.25, -0.2) is 9.59 Å². The first-order valence-corrected chi connectivity index (χ1v) is 13.5. The van der Waals surface area contributed by atoms with Crippen LogP contribution in [0.2, 0.25) is 0 Å². The molecule has 1 N–H and O–H groups in total. The molecule has 5 nitrogen and oxygen atoms in total. The van der Waals surface area contributed by atoms with Crippen LogP contribution in [0.4, 0.5) is 0 Å². The molecule has 0 unspecified atom stereocenters. The lowest BCUT2D eigenvalue weighted by Crippen LogP contribution is -2.58. The van der Waals surface area contributed by atoms with Crippen LogP contribution in [0.5, 0.6) is 0 Å². The van der Waals surface area contributed by atoms with Gasteiger partial charge in [0.1, 0.15) is 11.2 Å². The summed E-state index contributed by atoms with van der Waals surface area (Å²) in [5.74, 6) is 4.80. The number of rotatable bonds is 4. The van der Waals surface area contributed by atoms with Gasteiger partial charge in [0, 0.05) is 5.57 Å². The van der Waals surface area contributed by atoms with Gasteiger partial charge < -0.3 is 14.6 Å².